The van der Waals surface area contributed by atoms with Gasteiger partial charge in [-0.25, -0.2) is 0 Å². The molecule has 5 heteroatoms. The van der Waals surface area contributed by atoms with Crippen LogP contribution in [0.2, 0.25) is 0 Å². The predicted molar refractivity (Wildman–Crippen MR) is 75.9 cm³/mol. The first-order valence-corrected chi connectivity index (χ1v) is 6.94. The Morgan fingerprint density at radius 3 is 2.85 bits per heavy atom. The number of carbonyl (C=O) groups excluding carboxylic acids is 1. The first-order chi connectivity index (χ1) is 9.56. The summed E-state index contributed by atoms with van der Waals surface area (Å²) in [7, 11) is 1.63. The van der Waals surface area contributed by atoms with Crippen molar-refractivity contribution in [2.45, 2.75) is 45.3 Å². The standard InChI is InChI=1S/C15H22N2O3/c1-9-8-17-12(10(2)15(9)19-3)6-13(18)14-5-4-11(7-16)20-14/h8,11,14H,4-7,16H2,1-3H3. The summed E-state index contributed by atoms with van der Waals surface area (Å²) in [5, 5.41) is 0. The quantitative estimate of drug-likeness (QED) is 0.879. The second-order valence-electron chi connectivity index (χ2n) is 5.25. The Morgan fingerprint density at radius 2 is 2.25 bits per heavy atom. The van der Waals surface area contributed by atoms with Crippen LogP contribution >= 0.6 is 0 Å². The summed E-state index contributed by atoms with van der Waals surface area (Å²) in [6.07, 6.45) is 3.32. The van der Waals surface area contributed by atoms with E-state index >= 15 is 0 Å². The average molecular weight is 278 g/mol. The minimum atomic E-state index is -0.336. The smallest absolute Gasteiger partial charge is 0.167 e. The summed E-state index contributed by atoms with van der Waals surface area (Å²) in [6.45, 7) is 4.34. The minimum absolute atomic E-state index is 0.0190. The van der Waals surface area contributed by atoms with Crippen molar-refractivity contribution in [2.24, 2.45) is 5.73 Å². The molecule has 0 radical (unpaired) electrons. The number of nitrogens with two attached hydrogens (primary N) is 1. The molecule has 0 saturated carbocycles. The molecular weight excluding hydrogens is 256 g/mol. The van der Waals surface area contributed by atoms with E-state index in [1.807, 2.05) is 13.8 Å². The van der Waals surface area contributed by atoms with Crippen molar-refractivity contribution in [1.29, 1.82) is 0 Å². The van der Waals surface area contributed by atoms with Crippen LogP contribution in [0.1, 0.15) is 29.7 Å². The average Bonchev–Trinajstić information content (AvgIpc) is 2.91. The van der Waals surface area contributed by atoms with E-state index in [1.54, 1.807) is 13.3 Å². The highest BCUT2D eigenvalue weighted by molar-refractivity contribution is 5.85. The van der Waals surface area contributed by atoms with Crippen LogP contribution in [0.5, 0.6) is 5.75 Å². The van der Waals surface area contributed by atoms with Gasteiger partial charge in [0.15, 0.2) is 5.78 Å². The van der Waals surface area contributed by atoms with Gasteiger partial charge in [-0.1, -0.05) is 0 Å². The molecule has 2 N–H and O–H groups in total. The molecule has 0 bridgehead atoms. The Balaban J connectivity index is 2.09. The van der Waals surface area contributed by atoms with Gasteiger partial charge < -0.3 is 15.2 Å². The number of nitrogens with zero attached hydrogens (tertiary/aromatic N) is 1. The third-order valence-corrected chi connectivity index (χ3v) is 3.82. The Kier molecular flexibility index (Phi) is 4.73. The lowest BCUT2D eigenvalue weighted by Gasteiger charge is -2.14. The molecule has 0 amide bonds. The molecule has 2 atom stereocenters. The van der Waals surface area contributed by atoms with Gasteiger partial charge >= 0.3 is 0 Å². The Morgan fingerprint density at radius 1 is 1.50 bits per heavy atom. The highest BCUT2D eigenvalue weighted by atomic mass is 16.5. The number of carbonyl (C=O) groups is 1. The monoisotopic (exact) mass is 278 g/mol. The first kappa shape index (κ1) is 14.9. The Labute approximate surface area is 119 Å². The summed E-state index contributed by atoms with van der Waals surface area (Å²) in [4.78, 5) is 16.6. The fraction of sp³-hybridized carbons (Fsp3) is 0.600. The summed E-state index contributed by atoms with van der Waals surface area (Å²) >= 11 is 0. The number of methoxy groups -OCH3 is 1. The van der Waals surface area contributed by atoms with Gasteiger partial charge in [-0.2, -0.15) is 0 Å². The van der Waals surface area contributed by atoms with E-state index in [1.165, 1.54) is 0 Å². The second kappa shape index (κ2) is 6.33. The summed E-state index contributed by atoms with van der Waals surface area (Å²) in [5.74, 6) is 0.873. The van der Waals surface area contributed by atoms with E-state index < -0.39 is 0 Å². The van der Waals surface area contributed by atoms with Crippen molar-refractivity contribution in [2.75, 3.05) is 13.7 Å². The molecule has 1 fully saturated rings. The van der Waals surface area contributed by atoms with Crippen LogP contribution in [0.25, 0.3) is 0 Å². The van der Waals surface area contributed by atoms with Crippen LogP contribution in [-0.2, 0) is 16.0 Å². The van der Waals surface area contributed by atoms with Gasteiger partial charge in [-0.3, -0.25) is 9.78 Å². The number of rotatable bonds is 5. The van der Waals surface area contributed by atoms with Crippen molar-refractivity contribution in [3.63, 3.8) is 0 Å². The van der Waals surface area contributed by atoms with E-state index in [0.29, 0.717) is 6.54 Å². The minimum Gasteiger partial charge on any atom is -0.496 e. The molecule has 2 unspecified atom stereocenters. The molecule has 5 nitrogen and oxygen atoms in total. The lowest BCUT2D eigenvalue weighted by atomic mass is 10.0. The van der Waals surface area contributed by atoms with Crippen molar-refractivity contribution in [3.05, 3.63) is 23.0 Å². The van der Waals surface area contributed by atoms with Gasteiger partial charge in [0.05, 0.1) is 25.3 Å². The van der Waals surface area contributed by atoms with E-state index in [2.05, 4.69) is 4.98 Å². The van der Waals surface area contributed by atoms with Gasteiger partial charge in [-0.05, 0) is 26.7 Å². The molecule has 0 aromatic carbocycles. The number of hydrogen-bond donors (Lipinski definition) is 1. The molecule has 1 aromatic heterocycles. The molecule has 0 spiro atoms. The maximum atomic E-state index is 12.3. The van der Waals surface area contributed by atoms with E-state index in [0.717, 1.165) is 35.4 Å². The number of ketones is 1. The van der Waals surface area contributed by atoms with Crippen molar-refractivity contribution in [1.82, 2.24) is 4.98 Å². The van der Waals surface area contributed by atoms with Crippen LogP contribution in [0.3, 0.4) is 0 Å². The topological polar surface area (TPSA) is 74.4 Å². The highest BCUT2D eigenvalue weighted by Gasteiger charge is 2.30. The molecule has 2 rings (SSSR count). The largest absolute Gasteiger partial charge is 0.496 e. The maximum Gasteiger partial charge on any atom is 0.167 e. The van der Waals surface area contributed by atoms with Crippen molar-refractivity contribution in [3.8, 4) is 5.75 Å². The zero-order chi connectivity index (χ0) is 14.7. The van der Waals surface area contributed by atoms with Gasteiger partial charge in [0, 0.05) is 23.9 Å². The van der Waals surface area contributed by atoms with Crippen LogP contribution in [0, 0.1) is 13.8 Å². The van der Waals surface area contributed by atoms with Crippen LogP contribution < -0.4 is 10.5 Å². The molecule has 2 heterocycles. The number of ether oxygens (including phenoxy) is 2. The number of Topliss-reactive ketones (excluding diaryl/α,β-unsaturated/α-hetero) is 1. The van der Waals surface area contributed by atoms with Crippen molar-refractivity contribution < 1.29 is 14.3 Å². The van der Waals surface area contributed by atoms with Crippen LogP contribution in [-0.4, -0.2) is 36.6 Å². The molecule has 20 heavy (non-hydrogen) atoms. The highest BCUT2D eigenvalue weighted by Crippen LogP contribution is 2.26. The molecule has 1 aliphatic rings. The van der Waals surface area contributed by atoms with E-state index in [-0.39, 0.29) is 24.4 Å². The second-order valence-corrected chi connectivity index (χ2v) is 5.25. The summed E-state index contributed by atoms with van der Waals surface area (Å²) in [6, 6.07) is 0. The van der Waals surface area contributed by atoms with Crippen molar-refractivity contribution >= 4 is 5.78 Å². The lowest BCUT2D eigenvalue weighted by molar-refractivity contribution is -0.129. The van der Waals surface area contributed by atoms with Gasteiger partial charge in [0.25, 0.3) is 0 Å². The fourth-order valence-corrected chi connectivity index (χ4v) is 2.64. The Bertz CT molecular complexity index is 502. The Hall–Kier alpha value is -1.46. The fourth-order valence-electron chi connectivity index (χ4n) is 2.64. The molecular formula is C15H22N2O3. The number of hydrogen-bond acceptors (Lipinski definition) is 5. The van der Waals surface area contributed by atoms with Gasteiger partial charge in [-0.15, -0.1) is 0 Å². The number of pyridine rings is 1. The summed E-state index contributed by atoms with van der Waals surface area (Å²) < 4.78 is 11.0. The third kappa shape index (κ3) is 2.99. The van der Waals surface area contributed by atoms with Crippen LogP contribution in [0.15, 0.2) is 6.20 Å². The maximum absolute atomic E-state index is 12.3. The zero-order valence-electron chi connectivity index (χ0n) is 12.3. The summed E-state index contributed by atoms with van der Waals surface area (Å²) in [5.41, 5.74) is 8.22. The normalized spacial score (nSPS) is 22.0. The number of aromatic nitrogens is 1. The van der Waals surface area contributed by atoms with Gasteiger partial charge in [0.2, 0.25) is 0 Å². The first-order valence-electron chi connectivity index (χ1n) is 6.94. The molecule has 110 valence electrons. The molecule has 0 aliphatic carbocycles. The number of aryl methyl sites for hydroxylation is 1. The van der Waals surface area contributed by atoms with Crippen LogP contribution in [0.4, 0.5) is 0 Å². The molecule has 1 saturated heterocycles. The van der Waals surface area contributed by atoms with E-state index in [4.69, 9.17) is 15.2 Å². The zero-order valence-corrected chi connectivity index (χ0v) is 12.3. The molecule has 1 aromatic rings. The third-order valence-electron chi connectivity index (χ3n) is 3.82. The predicted octanol–water partition coefficient (Wildman–Crippen LogP) is 1.32. The lowest BCUT2D eigenvalue weighted by Crippen LogP contribution is -2.26. The molecule has 1 aliphatic heterocycles. The SMILES string of the molecule is COc1c(C)cnc(CC(=O)C2CCC(CN)O2)c1C. The van der Waals surface area contributed by atoms with E-state index in [9.17, 15) is 4.79 Å². The van der Waals surface area contributed by atoms with Gasteiger partial charge in [0.1, 0.15) is 11.9 Å².